The first-order valence-electron chi connectivity index (χ1n) is 12.9. The Hall–Kier alpha value is -1.74. The Labute approximate surface area is 211 Å². The van der Waals surface area contributed by atoms with Crippen molar-refractivity contribution in [2.75, 3.05) is 6.54 Å². The van der Waals surface area contributed by atoms with E-state index in [1.807, 2.05) is 0 Å². The zero-order chi connectivity index (χ0) is 26.7. The molecule has 0 aliphatic heterocycles. The molecule has 0 N–H and O–H groups in total. The summed E-state index contributed by atoms with van der Waals surface area (Å²) in [5, 5.41) is 0. The predicted molar refractivity (Wildman–Crippen MR) is 129 cm³/mol. The number of halogens is 3. The summed E-state index contributed by atoms with van der Waals surface area (Å²) in [6.07, 6.45) is 0.152. The standard InChI is InChI=1S/C27H36F3NO4S/c1-5-10-31(36(34,35)23-9-7-6-8-22(23)27(28,29)30)25(3,4)24(33)13-21-19-11-18-12-20(21)16-26(14-18,15-19)17(2)32/h6-9,18-21H,5,10-16H2,1-4H3. The molecule has 4 bridgehead atoms. The molecule has 1 aromatic rings. The van der Waals surface area contributed by atoms with Crippen LogP contribution in [-0.2, 0) is 25.8 Å². The van der Waals surface area contributed by atoms with Crippen LogP contribution in [0.2, 0.25) is 0 Å². The Morgan fingerprint density at radius 1 is 1.06 bits per heavy atom. The molecule has 2 unspecified atom stereocenters. The molecule has 200 valence electrons. The zero-order valence-corrected chi connectivity index (χ0v) is 22.2. The third-order valence-electron chi connectivity index (χ3n) is 9.13. The summed E-state index contributed by atoms with van der Waals surface area (Å²) in [6, 6.07) is 4.13. The van der Waals surface area contributed by atoms with Crippen LogP contribution in [0.15, 0.2) is 29.2 Å². The first kappa shape index (κ1) is 27.3. The molecule has 36 heavy (non-hydrogen) atoms. The molecule has 9 heteroatoms. The van der Waals surface area contributed by atoms with Crippen LogP contribution in [0.3, 0.4) is 0 Å². The summed E-state index contributed by atoms with van der Waals surface area (Å²) in [6.45, 7) is 6.35. The molecular formula is C27H36F3NO4S. The van der Waals surface area contributed by atoms with E-state index in [0.717, 1.165) is 54.6 Å². The minimum Gasteiger partial charge on any atom is -0.299 e. The smallest absolute Gasteiger partial charge is 0.299 e. The van der Waals surface area contributed by atoms with E-state index >= 15 is 0 Å². The van der Waals surface area contributed by atoms with Gasteiger partial charge in [0, 0.05) is 18.4 Å². The lowest BCUT2D eigenvalue weighted by atomic mass is 9.44. The van der Waals surface area contributed by atoms with Gasteiger partial charge in [0.15, 0.2) is 5.78 Å². The number of benzene rings is 1. The third-order valence-corrected chi connectivity index (χ3v) is 11.3. The molecular weight excluding hydrogens is 491 g/mol. The van der Waals surface area contributed by atoms with Crippen LogP contribution in [0.5, 0.6) is 0 Å². The van der Waals surface area contributed by atoms with E-state index < -0.39 is 32.2 Å². The summed E-state index contributed by atoms with van der Waals surface area (Å²) in [5.74, 6) is 1.04. The van der Waals surface area contributed by atoms with Crippen LogP contribution < -0.4 is 0 Å². The first-order valence-corrected chi connectivity index (χ1v) is 14.3. The monoisotopic (exact) mass is 527 g/mol. The molecule has 0 heterocycles. The molecule has 0 saturated heterocycles. The van der Waals surface area contributed by atoms with Crippen molar-refractivity contribution >= 4 is 21.6 Å². The predicted octanol–water partition coefficient (Wildman–Crippen LogP) is 5.88. The van der Waals surface area contributed by atoms with Gasteiger partial charge in [-0.05, 0) is 95.1 Å². The van der Waals surface area contributed by atoms with Gasteiger partial charge in [0.05, 0.1) is 16.0 Å². The Bertz CT molecular complexity index is 1130. The highest BCUT2D eigenvalue weighted by Crippen LogP contribution is 2.63. The van der Waals surface area contributed by atoms with E-state index in [1.54, 1.807) is 13.8 Å². The van der Waals surface area contributed by atoms with E-state index in [9.17, 15) is 31.2 Å². The van der Waals surface area contributed by atoms with Crippen LogP contribution in [0, 0.1) is 29.1 Å². The number of carbonyl (C=O) groups is 2. The summed E-state index contributed by atoms with van der Waals surface area (Å²) >= 11 is 0. The molecule has 0 spiro atoms. The van der Waals surface area contributed by atoms with Crippen molar-refractivity contribution < 1.29 is 31.2 Å². The van der Waals surface area contributed by atoms with Gasteiger partial charge in [-0.25, -0.2) is 8.42 Å². The number of hydrogen-bond donors (Lipinski definition) is 0. The van der Waals surface area contributed by atoms with E-state index in [0.29, 0.717) is 12.3 Å². The van der Waals surface area contributed by atoms with Crippen molar-refractivity contribution in [3.8, 4) is 0 Å². The third kappa shape index (κ3) is 4.55. The van der Waals surface area contributed by atoms with Crippen molar-refractivity contribution in [2.24, 2.45) is 29.1 Å². The maximum Gasteiger partial charge on any atom is 0.417 e. The van der Waals surface area contributed by atoms with E-state index in [1.165, 1.54) is 19.9 Å². The lowest BCUT2D eigenvalue weighted by Crippen LogP contribution is -2.57. The molecule has 1 aromatic carbocycles. The topological polar surface area (TPSA) is 71.5 Å². The first-order chi connectivity index (χ1) is 16.6. The minimum atomic E-state index is -4.84. The lowest BCUT2D eigenvalue weighted by Gasteiger charge is -2.59. The minimum absolute atomic E-state index is 0.0691. The molecule has 4 aliphatic carbocycles. The second-order valence-electron chi connectivity index (χ2n) is 11.7. The maximum atomic E-state index is 13.8. The number of ketones is 2. The van der Waals surface area contributed by atoms with Crippen LogP contribution in [0.25, 0.3) is 0 Å². The van der Waals surface area contributed by atoms with Gasteiger partial charge in [-0.2, -0.15) is 17.5 Å². The van der Waals surface area contributed by atoms with E-state index in [4.69, 9.17) is 0 Å². The fraction of sp³-hybridized carbons (Fsp3) is 0.704. The highest BCUT2D eigenvalue weighted by molar-refractivity contribution is 7.89. The molecule has 2 atom stereocenters. The fourth-order valence-electron chi connectivity index (χ4n) is 7.44. The molecule has 0 radical (unpaired) electrons. The SMILES string of the molecule is CCCN(C(C)(C)C(=O)CC1C2CC3CC1CC(C(C)=O)(C3)C2)S(=O)(=O)c1ccccc1C(F)(F)F. The summed E-state index contributed by atoms with van der Waals surface area (Å²) < 4.78 is 69.2. The van der Waals surface area contributed by atoms with Gasteiger partial charge in [-0.1, -0.05) is 19.1 Å². The van der Waals surface area contributed by atoms with E-state index in [-0.39, 0.29) is 47.7 Å². The second-order valence-corrected chi connectivity index (χ2v) is 13.6. The average molecular weight is 528 g/mol. The van der Waals surface area contributed by atoms with Crippen molar-refractivity contribution in [3.63, 3.8) is 0 Å². The second kappa shape index (κ2) is 9.22. The van der Waals surface area contributed by atoms with Gasteiger partial charge >= 0.3 is 6.18 Å². The number of Topliss-reactive ketones (excluding diaryl/α,β-unsaturated/α-hetero) is 2. The highest BCUT2D eigenvalue weighted by Gasteiger charge is 2.58. The Balaban J connectivity index is 1.62. The zero-order valence-electron chi connectivity index (χ0n) is 21.4. The normalized spacial score (nSPS) is 30.1. The molecule has 0 aromatic heterocycles. The number of hydrogen-bond acceptors (Lipinski definition) is 4. The average Bonchev–Trinajstić information content (AvgIpc) is 2.78. The molecule has 4 saturated carbocycles. The van der Waals surface area contributed by atoms with Gasteiger partial charge in [0.2, 0.25) is 10.0 Å². The largest absolute Gasteiger partial charge is 0.417 e. The number of rotatable bonds is 9. The lowest BCUT2D eigenvalue weighted by molar-refractivity contribution is -0.151. The van der Waals surface area contributed by atoms with Gasteiger partial charge < -0.3 is 0 Å². The van der Waals surface area contributed by atoms with Crippen molar-refractivity contribution in [2.45, 2.75) is 89.3 Å². The summed E-state index contributed by atoms with van der Waals surface area (Å²) in [4.78, 5) is 25.4. The number of nitrogens with zero attached hydrogens (tertiary/aromatic N) is 1. The van der Waals surface area contributed by atoms with Gasteiger partial charge in [0.1, 0.15) is 5.78 Å². The maximum absolute atomic E-state index is 13.8. The van der Waals surface area contributed by atoms with Crippen molar-refractivity contribution in [1.82, 2.24) is 4.31 Å². The number of sulfonamides is 1. The Kier molecular flexibility index (Phi) is 6.99. The van der Waals surface area contributed by atoms with Crippen LogP contribution in [0.1, 0.15) is 78.2 Å². The summed E-state index contributed by atoms with van der Waals surface area (Å²) in [7, 11) is -4.61. The summed E-state index contributed by atoms with van der Waals surface area (Å²) in [5.41, 5.74) is -3.02. The molecule has 5 nitrogen and oxygen atoms in total. The van der Waals surface area contributed by atoms with Crippen molar-refractivity contribution in [1.29, 1.82) is 0 Å². The highest BCUT2D eigenvalue weighted by atomic mass is 32.2. The Morgan fingerprint density at radius 3 is 2.17 bits per heavy atom. The molecule has 4 fully saturated rings. The van der Waals surface area contributed by atoms with Gasteiger partial charge in [-0.3, -0.25) is 9.59 Å². The molecule has 5 rings (SSSR count). The van der Waals surface area contributed by atoms with Gasteiger partial charge in [0.25, 0.3) is 0 Å². The van der Waals surface area contributed by atoms with Crippen LogP contribution in [0.4, 0.5) is 13.2 Å². The van der Waals surface area contributed by atoms with Crippen LogP contribution >= 0.6 is 0 Å². The number of carbonyl (C=O) groups excluding carboxylic acids is 2. The Morgan fingerprint density at radius 2 is 1.64 bits per heavy atom. The fourth-order valence-corrected chi connectivity index (χ4v) is 9.52. The van der Waals surface area contributed by atoms with E-state index in [2.05, 4.69) is 0 Å². The number of alkyl halides is 3. The quantitative estimate of drug-likeness (QED) is 0.402. The van der Waals surface area contributed by atoms with Crippen molar-refractivity contribution in [3.05, 3.63) is 29.8 Å². The molecule has 4 aliphatic rings. The van der Waals surface area contributed by atoms with Gasteiger partial charge in [-0.15, -0.1) is 0 Å². The van der Waals surface area contributed by atoms with Crippen LogP contribution in [-0.4, -0.2) is 36.4 Å². The molecule has 0 amide bonds.